The monoisotopic (exact) mass is 386 g/mol. The summed E-state index contributed by atoms with van der Waals surface area (Å²) in [7, 11) is 0. The van der Waals surface area contributed by atoms with Crippen LogP contribution in [-0.2, 0) is 6.42 Å². The normalized spacial score (nSPS) is 13.7. The first-order chi connectivity index (χ1) is 12.5. The molecule has 0 N–H and O–H groups in total. The molecule has 1 amide bonds. The quantitative estimate of drug-likeness (QED) is 0.590. The highest BCUT2D eigenvalue weighted by atomic mass is 35.5. The van der Waals surface area contributed by atoms with E-state index >= 15 is 0 Å². The van der Waals surface area contributed by atoms with Gasteiger partial charge in [-0.2, -0.15) is 0 Å². The minimum Gasteiger partial charge on any atom is -0.306 e. The zero-order valence-electron chi connectivity index (χ0n) is 13.5. The Kier molecular flexibility index (Phi) is 4.39. The van der Waals surface area contributed by atoms with Crippen molar-refractivity contribution in [3.8, 4) is 11.1 Å². The minimum atomic E-state index is -0.491. The van der Waals surface area contributed by atoms with Crippen LogP contribution in [-0.4, -0.2) is 17.4 Å². The Labute approximate surface area is 160 Å². The van der Waals surface area contributed by atoms with Gasteiger partial charge < -0.3 is 4.90 Å². The zero-order chi connectivity index (χ0) is 18.3. The minimum absolute atomic E-state index is 0.0688. The Morgan fingerprint density at radius 2 is 1.85 bits per heavy atom. The van der Waals surface area contributed by atoms with Crippen LogP contribution < -0.4 is 4.90 Å². The van der Waals surface area contributed by atoms with Gasteiger partial charge in [0.15, 0.2) is 0 Å². The fraction of sp³-hybridized carbons (Fsp3) is 0.100. The van der Waals surface area contributed by atoms with E-state index in [2.05, 4.69) is 4.98 Å². The predicted octanol–water partition coefficient (Wildman–Crippen LogP) is 5.40. The Morgan fingerprint density at radius 1 is 1.00 bits per heavy atom. The molecule has 26 heavy (non-hydrogen) atoms. The topological polar surface area (TPSA) is 33.2 Å². The summed E-state index contributed by atoms with van der Waals surface area (Å²) in [4.78, 5) is 18.8. The second-order valence-electron chi connectivity index (χ2n) is 6.07. The van der Waals surface area contributed by atoms with Crippen LogP contribution in [0.15, 0.2) is 54.9 Å². The van der Waals surface area contributed by atoms with Gasteiger partial charge in [-0.05, 0) is 53.9 Å². The molecule has 0 unspecified atom stereocenters. The smallest absolute Gasteiger partial charge is 0.258 e. The van der Waals surface area contributed by atoms with Crippen molar-refractivity contribution in [2.45, 2.75) is 6.42 Å². The number of carbonyl (C=O) groups excluding carboxylic acids is 1. The number of pyridine rings is 1. The summed E-state index contributed by atoms with van der Waals surface area (Å²) < 4.78 is 13.8. The lowest BCUT2D eigenvalue weighted by molar-refractivity contribution is 0.0980. The van der Waals surface area contributed by atoms with E-state index in [1.165, 1.54) is 12.1 Å². The third-order valence-electron chi connectivity index (χ3n) is 4.44. The van der Waals surface area contributed by atoms with Gasteiger partial charge in [-0.1, -0.05) is 29.3 Å². The first-order valence-corrected chi connectivity index (χ1v) is 8.79. The van der Waals surface area contributed by atoms with Crippen molar-refractivity contribution < 1.29 is 9.18 Å². The number of amides is 1. The van der Waals surface area contributed by atoms with Crippen molar-refractivity contribution in [1.29, 1.82) is 0 Å². The molecule has 0 bridgehead atoms. The van der Waals surface area contributed by atoms with Gasteiger partial charge in [0.2, 0.25) is 0 Å². The van der Waals surface area contributed by atoms with Crippen LogP contribution in [0.25, 0.3) is 11.1 Å². The van der Waals surface area contributed by atoms with Gasteiger partial charge in [0, 0.05) is 28.9 Å². The third-order valence-corrected chi connectivity index (χ3v) is 4.98. The van der Waals surface area contributed by atoms with Crippen molar-refractivity contribution in [3.63, 3.8) is 0 Å². The van der Waals surface area contributed by atoms with E-state index in [4.69, 9.17) is 23.2 Å². The summed E-state index contributed by atoms with van der Waals surface area (Å²) in [6.07, 6.45) is 3.98. The number of hydrogen-bond donors (Lipinski definition) is 0. The van der Waals surface area contributed by atoms with Crippen molar-refractivity contribution >= 4 is 34.8 Å². The molecule has 0 spiro atoms. The van der Waals surface area contributed by atoms with Crippen LogP contribution in [0.2, 0.25) is 10.0 Å². The van der Waals surface area contributed by atoms with E-state index in [0.29, 0.717) is 40.4 Å². The lowest BCUT2D eigenvalue weighted by Crippen LogP contribution is -2.37. The molecule has 130 valence electrons. The lowest BCUT2D eigenvalue weighted by Gasteiger charge is -2.28. The number of aromatic nitrogens is 1. The standard InChI is InChI=1S/C20H13Cl2FN2O/c21-15-2-3-17-13(7-15)5-6-25(20(17)26)16-8-14(10-24-11-16)12-1-4-18(22)19(23)9-12/h1-4,7-11H,5-6H2. The van der Waals surface area contributed by atoms with Crippen LogP contribution in [0.5, 0.6) is 0 Å². The maximum absolute atomic E-state index is 13.8. The summed E-state index contributed by atoms with van der Waals surface area (Å²) in [5.41, 5.74) is 3.63. The molecule has 0 atom stereocenters. The highest BCUT2D eigenvalue weighted by Gasteiger charge is 2.26. The zero-order valence-corrected chi connectivity index (χ0v) is 15.1. The van der Waals surface area contributed by atoms with E-state index in [1.54, 1.807) is 35.5 Å². The van der Waals surface area contributed by atoms with Crippen molar-refractivity contribution in [3.05, 3.63) is 81.8 Å². The number of hydrogen-bond acceptors (Lipinski definition) is 2. The molecular formula is C20H13Cl2FN2O. The van der Waals surface area contributed by atoms with Gasteiger partial charge in [-0.25, -0.2) is 4.39 Å². The van der Waals surface area contributed by atoms with E-state index in [0.717, 1.165) is 5.56 Å². The van der Waals surface area contributed by atoms with E-state index in [-0.39, 0.29) is 10.9 Å². The van der Waals surface area contributed by atoms with Gasteiger partial charge in [0.25, 0.3) is 5.91 Å². The molecule has 0 saturated heterocycles. The Morgan fingerprint density at radius 3 is 2.65 bits per heavy atom. The maximum Gasteiger partial charge on any atom is 0.258 e. The summed E-state index contributed by atoms with van der Waals surface area (Å²) in [5.74, 6) is -0.585. The average Bonchev–Trinajstić information content (AvgIpc) is 2.64. The average molecular weight is 387 g/mol. The van der Waals surface area contributed by atoms with Crippen LogP contribution in [0, 0.1) is 5.82 Å². The van der Waals surface area contributed by atoms with Gasteiger partial charge in [-0.3, -0.25) is 9.78 Å². The SMILES string of the molecule is O=C1c2ccc(Cl)cc2CCN1c1cncc(-c2ccc(Cl)c(F)c2)c1. The summed E-state index contributed by atoms with van der Waals surface area (Å²) in [5, 5.41) is 0.692. The molecule has 3 aromatic rings. The van der Waals surface area contributed by atoms with Crippen LogP contribution in [0.4, 0.5) is 10.1 Å². The number of fused-ring (bicyclic) bond motifs is 1. The first kappa shape index (κ1) is 17.0. The molecule has 0 radical (unpaired) electrons. The number of anilines is 1. The Bertz CT molecular complexity index is 1020. The van der Waals surface area contributed by atoms with E-state index in [1.807, 2.05) is 12.1 Å². The van der Waals surface area contributed by atoms with Gasteiger partial charge in [0.1, 0.15) is 5.82 Å². The molecule has 0 aliphatic carbocycles. The second kappa shape index (κ2) is 6.71. The van der Waals surface area contributed by atoms with Crippen molar-refractivity contribution in [2.75, 3.05) is 11.4 Å². The Balaban J connectivity index is 1.70. The summed E-state index contributed by atoms with van der Waals surface area (Å²) in [6, 6.07) is 11.7. The number of nitrogens with zero attached hydrogens (tertiary/aromatic N) is 2. The number of benzene rings is 2. The first-order valence-electron chi connectivity index (χ1n) is 8.04. The molecule has 1 aromatic heterocycles. The van der Waals surface area contributed by atoms with Crippen LogP contribution in [0.3, 0.4) is 0 Å². The molecule has 3 nitrogen and oxygen atoms in total. The highest BCUT2D eigenvalue weighted by molar-refractivity contribution is 6.31. The number of rotatable bonds is 2. The van der Waals surface area contributed by atoms with Gasteiger partial charge in [0.05, 0.1) is 16.9 Å². The molecule has 1 aliphatic heterocycles. The van der Waals surface area contributed by atoms with Gasteiger partial charge >= 0.3 is 0 Å². The molecule has 2 heterocycles. The second-order valence-corrected chi connectivity index (χ2v) is 6.91. The largest absolute Gasteiger partial charge is 0.306 e. The third kappa shape index (κ3) is 3.06. The van der Waals surface area contributed by atoms with E-state index in [9.17, 15) is 9.18 Å². The highest BCUT2D eigenvalue weighted by Crippen LogP contribution is 2.30. The summed E-state index contributed by atoms with van der Waals surface area (Å²) >= 11 is 11.8. The predicted molar refractivity (Wildman–Crippen MR) is 101 cm³/mol. The lowest BCUT2D eigenvalue weighted by atomic mass is 9.98. The molecule has 4 rings (SSSR count). The fourth-order valence-corrected chi connectivity index (χ4v) is 3.42. The van der Waals surface area contributed by atoms with Crippen LogP contribution in [0.1, 0.15) is 15.9 Å². The Hall–Kier alpha value is -2.43. The molecule has 6 heteroatoms. The van der Waals surface area contributed by atoms with Gasteiger partial charge in [-0.15, -0.1) is 0 Å². The van der Waals surface area contributed by atoms with Crippen LogP contribution >= 0.6 is 23.2 Å². The molecular weight excluding hydrogens is 374 g/mol. The summed E-state index contributed by atoms with van der Waals surface area (Å²) in [6.45, 7) is 0.534. The van der Waals surface area contributed by atoms with Crippen molar-refractivity contribution in [1.82, 2.24) is 4.98 Å². The molecule has 2 aromatic carbocycles. The fourth-order valence-electron chi connectivity index (χ4n) is 3.11. The molecule has 0 saturated carbocycles. The van der Waals surface area contributed by atoms with E-state index < -0.39 is 5.82 Å². The molecule has 0 fully saturated rings. The number of halogens is 3. The maximum atomic E-state index is 13.8. The van der Waals surface area contributed by atoms with Crippen molar-refractivity contribution in [2.24, 2.45) is 0 Å². The number of carbonyl (C=O) groups is 1. The molecule has 1 aliphatic rings.